The highest BCUT2D eigenvalue weighted by atomic mass is 16.2. The molecule has 2 N–H and O–H groups in total. The summed E-state index contributed by atoms with van der Waals surface area (Å²) < 4.78 is 0. The van der Waals surface area contributed by atoms with Gasteiger partial charge in [-0.1, -0.05) is 42.5 Å². The second-order valence-electron chi connectivity index (χ2n) is 5.06. The molecule has 1 unspecified atom stereocenters. The van der Waals surface area contributed by atoms with E-state index in [4.69, 9.17) is 0 Å². The maximum atomic E-state index is 12.0. The summed E-state index contributed by atoms with van der Waals surface area (Å²) in [6.07, 6.45) is 0.562. The smallest absolute Gasteiger partial charge is 0.237 e. The molecule has 4 nitrogen and oxygen atoms in total. The summed E-state index contributed by atoms with van der Waals surface area (Å²) in [4.78, 5) is 23.5. The predicted octanol–water partition coefficient (Wildman–Crippen LogP) is 2.43. The third-order valence-corrected chi connectivity index (χ3v) is 3.62. The molecule has 106 valence electrons. The van der Waals surface area contributed by atoms with Crippen LogP contribution in [0.25, 0.3) is 11.1 Å². The SMILES string of the molecule is O=C1NCCC1C(=O)Nc1ccc(-c2ccccc2)cc1. The summed E-state index contributed by atoms with van der Waals surface area (Å²) in [6.45, 7) is 0.573. The molecular formula is C17H16N2O2. The van der Waals surface area contributed by atoms with Crippen LogP contribution in [0.15, 0.2) is 54.6 Å². The number of nitrogens with one attached hydrogen (secondary N) is 2. The molecule has 2 amide bonds. The van der Waals surface area contributed by atoms with Crippen LogP contribution in [-0.2, 0) is 9.59 Å². The van der Waals surface area contributed by atoms with Crippen molar-refractivity contribution in [1.29, 1.82) is 0 Å². The zero-order valence-electron chi connectivity index (χ0n) is 11.5. The zero-order chi connectivity index (χ0) is 14.7. The first-order chi connectivity index (χ1) is 10.2. The van der Waals surface area contributed by atoms with Crippen molar-refractivity contribution in [3.05, 3.63) is 54.6 Å². The lowest BCUT2D eigenvalue weighted by Crippen LogP contribution is -2.29. The van der Waals surface area contributed by atoms with Gasteiger partial charge in [0.15, 0.2) is 0 Å². The Morgan fingerprint density at radius 3 is 2.29 bits per heavy atom. The molecule has 0 aromatic heterocycles. The van der Waals surface area contributed by atoms with E-state index in [1.807, 2.05) is 54.6 Å². The molecule has 2 aromatic carbocycles. The Labute approximate surface area is 123 Å². The summed E-state index contributed by atoms with van der Waals surface area (Å²) in [5.41, 5.74) is 2.93. The largest absolute Gasteiger partial charge is 0.355 e. The molecule has 1 saturated heterocycles. The molecule has 0 aliphatic carbocycles. The minimum atomic E-state index is -0.571. The Balaban J connectivity index is 1.70. The van der Waals surface area contributed by atoms with Crippen molar-refractivity contribution < 1.29 is 9.59 Å². The maximum Gasteiger partial charge on any atom is 0.237 e. The zero-order valence-corrected chi connectivity index (χ0v) is 11.5. The standard InChI is InChI=1S/C17H16N2O2/c20-16-15(10-11-18-16)17(21)19-14-8-6-13(7-9-14)12-4-2-1-3-5-12/h1-9,15H,10-11H2,(H,18,20)(H,19,21). The van der Waals surface area contributed by atoms with Crippen LogP contribution in [0.2, 0.25) is 0 Å². The fourth-order valence-electron chi connectivity index (χ4n) is 2.45. The molecule has 0 saturated carbocycles. The van der Waals surface area contributed by atoms with Gasteiger partial charge in [-0.05, 0) is 29.7 Å². The normalized spacial score (nSPS) is 17.3. The molecule has 1 aliphatic heterocycles. The van der Waals surface area contributed by atoms with Crippen molar-refractivity contribution in [2.24, 2.45) is 5.92 Å². The van der Waals surface area contributed by atoms with Gasteiger partial charge in [-0.15, -0.1) is 0 Å². The van der Waals surface area contributed by atoms with Crippen molar-refractivity contribution in [2.45, 2.75) is 6.42 Å². The van der Waals surface area contributed by atoms with Crippen molar-refractivity contribution in [2.75, 3.05) is 11.9 Å². The van der Waals surface area contributed by atoms with Crippen LogP contribution >= 0.6 is 0 Å². The lowest BCUT2D eigenvalue weighted by Gasteiger charge is -2.09. The van der Waals surface area contributed by atoms with E-state index >= 15 is 0 Å². The highest BCUT2D eigenvalue weighted by Crippen LogP contribution is 2.21. The number of hydrogen-bond acceptors (Lipinski definition) is 2. The maximum absolute atomic E-state index is 12.0. The van der Waals surface area contributed by atoms with Gasteiger partial charge in [-0.3, -0.25) is 9.59 Å². The van der Waals surface area contributed by atoms with Crippen molar-refractivity contribution in [3.63, 3.8) is 0 Å². The number of rotatable bonds is 3. The lowest BCUT2D eigenvalue weighted by molar-refractivity contribution is -0.130. The topological polar surface area (TPSA) is 58.2 Å². The molecule has 4 heteroatoms. The molecule has 2 aromatic rings. The molecule has 1 atom stereocenters. The second-order valence-corrected chi connectivity index (χ2v) is 5.06. The van der Waals surface area contributed by atoms with Crippen LogP contribution in [0.4, 0.5) is 5.69 Å². The number of amides is 2. The second kappa shape index (κ2) is 5.79. The summed E-state index contributed by atoms with van der Waals surface area (Å²) >= 11 is 0. The fourth-order valence-corrected chi connectivity index (χ4v) is 2.45. The van der Waals surface area contributed by atoms with E-state index in [1.54, 1.807) is 0 Å². The average Bonchev–Trinajstić information content (AvgIpc) is 2.95. The molecular weight excluding hydrogens is 264 g/mol. The monoisotopic (exact) mass is 280 g/mol. The van der Waals surface area contributed by atoms with Crippen LogP contribution in [-0.4, -0.2) is 18.4 Å². The highest BCUT2D eigenvalue weighted by molar-refractivity contribution is 6.07. The Kier molecular flexibility index (Phi) is 3.69. The molecule has 0 radical (unpaired) electrons. The number of hydrogen-bond donors (Lipinski definition) is 2. The average molecular weight is 280 g/mol. The van der Waals surface area contributed by atoms with Gasteiger partial charge in [0.25, 0.3) is 0 Å². The highest BCUT2D eigenvalue weighted by Gasteiger charge is 2.30. The summed E-state index contributed by atoms with van der Waals surface area (Å²) in [6, 6.07) is 17.7. The number of anilines is 1. The van der Waals surface area contributed by atoms with Gasteiger partial charge in [-0.2, -0.15) is 0 Å². The van der Waals surface area contributed by atoms with Crippen LogP contribution < -0.4 is 10.6 Å². The van der Waals surface area contributed by atoms with E-state index in [2.05, 4.69) is 10.6 Å². The van der Waals surface area contributed by atoms with E-state index in [0.717, 1.165) is 11.1 Å². The van der Waals surface area contributed by atoms with Crippen LogP contribution in [0.3, 0.4) is 0 Å². The van der Waals surface area contributed by atoms with E-state index in [-0.39, 0.29) is 11.8 Å². The van der Waals surface area contributed by atoms with E-state index in [1.165, 1.54) is 0 Å². The summed E-state index contributed by atoms with van der Waals surface area (Å²) in [5.74, 6) is -0.996. The van der Waals surface area contributed by atoms with Crippen LogP contribution in [0.1, 0.15) is 6.42 Å². The molecule has 1 heterocycles. The summed E-state index contributed by atoms with van der Waals surface area (Å²) in [7, 11) is 0. The van der Waals surface area contributed by atoms with Gasteiger partial charge in [0.2, 0.25) is 11.8 Å². The van der Waals surface area contributed by atoms with Crippen molar-refractivity contribution in [1.82, 2.24) is 5.32 Å². The molecule has 1 aliphatic rings. The predicted molar refractivity (Wildman–Crippen MR) is 81.6 cm³/mol. The van der Waals surface area contributed by atoms with Crippen molar-refractivity contribution >= 4 is 17.5 Å². The van der Waals surface area contributed by atoms with Crippen LogP contribution in [0, 0.1) is 5.92 Å². The first-order valence-corrected chi connectivity index (χ1v) is 6.98. The molecule has 3 rings (SSSR count). The minimum absolute atomic E-state index is 0.187. The molecule has 0 bridgehead atoms. The minimum Gasteiger partial charge on any atom is -0.355 e. The van der Waals surface area contributed by atoms with Gasteiger partial charge >= 0.3 is 0 Å². The lowest BCUT2D eigenvalue weighted by atomic mass is 10.0. The van der Waals surface area contributed by atoms with E-state index in [0.29, 0.717) is 18.7 Å². The Morgan fingerprint density at radius 2 is 1.67 bits per heavy atom. The quantitative estimate of drug-likeness (QED) is 0.848. The number of benzene rings is 2. The van der Waals surface area contributed by atoms with E-state index in [9.17, 15) is 9.59 Å². The van der Waals surface area contributed by atoms with Gasteiger partial charge in [0.1, 0.15) is 5.92 Å². The number of carbonyl (C=O) groups is 2. The van der Waals surface area contributed by atoms with Gasteiger partial charge in [0.05, 0.1) is 0 Å². The van der Waals surface area contributed by atoms with Gasteiger partial charge in [0, 0.05) is 12.2 Å². The van der Waals surface area contributed by atoms with E-state index < -0.39 is 5.92 Å². The Hall–Kier alpha value is -2.62. The van der Waals surface area contributed by atoms with Gasteiger partial charge in [-0.25, -0.2) is 0 Å². The first kappa shape index (κ1) is 13.4. The van der Waals surface area contributed by atoms with Crippen molar-refractivity contribution in [3.8, 4) is 11.1 Å². The molecule has 0 spiro atoms. The number of carbonyl (C=O) groups excluding carboxylic acids is 2. The Bertz CT molecular complexity index is 650. The van der Waals surface area contributed by atoms with Gasteiger partial charge < -0.3 is 10.6 Å². The fraction of sp³-hybridized carbons (Fsp3) is 0.176. The third-order valence-electron chi connectivity index (χ3n) is 3.62. The molecule has 1 fully saturated rings. The molecule has 21 heavy (non-hydrogen) atoms. The third kappa shape index (κ3) is 2.94. The summed E-state index contributed by atoms with van der Waals surface area (Å²) in [5, 5.41) is 5.46. The Morgan fingerprint density at radius 1 is 1.00 bits per heavy atom. The first-order valence-electron chi connectivity index (χ1n) is 6.98. The van der Waals surface area contributed by atoms with Crippen LogP contribution in [0.5, 0.6) is 0 Å².